The number of rotatable bonds is 5. The molecule has 0 radical (unpaired) electrons. The van der Waals surface area contributed by atoms with Crippen LogP contribution in [0.3, 0.4) is 0 Å². The summed E-state index contributed by atoms with van der Waals surface area (Å²) in [6.45, 7) is 3.26. The molecule has 0 atom stereocenters. The van der Waals surface area contributed by atoms with E-state index in [9.17, 15) is 13.2 Å². The highest BCUT2D eigenvalue weighted by molar-refractivity contribution is 7.90. The minimum absolute atomic E-state index is 0.104. The van der Waals surface area contributed by atoms with Gasteiger partial charge in [0.25, 0.3) is 5.91 Å². The van der Waals surface area contributed by atoms with Gasteiger partial charge in [-0.15, -0.1) is 0 Å². The normalized spacial score (nSPS) is 18.9. The molecule has 2 aliphatic heterocycles. The van der Waals surface area contributed by atoms with Gasteiger partial charge in [-0.05, 0) is 56.0 Å². The van der Waals surface area contributed by atoms with Crippen molar-refractivity contribution in [2.45, 2.75) is 42.7 Å². The van der Waals surface area contributed by atoms with Gasteiger partial charge in [-0.3, -0.25) is 9.69 Å². The number of carbonyl (C=O) groups is 1. The smallest absolute Gasteiger partial charge is 0.253 e. The molecule has 2 aliphatic rings. The Hall–Kier alpha value is -1.80. The van der Waals surface area contributed by atoms with Crippen molar-refractivity contribution in [3.8, 4) is 5.75 Å². The van der Waals surface area contributed by atoms with Gasteiger partial charge < -0.3 is 9.64 Å². The molecule has 2 saturated heterocycles. The molecule has 33 heavy (non-hydrogen) atoms. The first-order valence-electron chi connectivity index (χ1n) is 11.2. The largest absolute Gasteiger partial charge is 0.490 e. The molecule has 0 spiro atoms. The minimum Gasteiger partial charge on any atom is -0.490 e. The lowest BCUT2D eigenvalue weighted by molar-refractivity contribution is 0.0425. The fourth-order valence-corrected chi connectivity index (χ4v) is 5.53. The monoisotopic (exact) mass is 510 g/mol. The van der Waals surface area contributed by atoms with E-state index in [-0.39, 0.29) is 16.9 Å². The van der Waals surface area contributed by atoms with E-state index in [1.165, 1.54) is 12.1 Å². The molecule has 2 aromatic rings. The summed E-state index contributed by atoms with van der Waals surface area (Å²) in [5, 5.41) is 1.02. The molecule has 6 nitrogen and oxygen atoms in total. The van der Waals surface area contributed by atoms with E-state index in [0.717, 1.165) is 50.8 Å². The van der Waals surface area contributed by atoms with Gasteiger partial charge in [0.15, 0.2) is 9.84 Å². The van der Waals surface area contributed by atoms with E-state index in [2.05, 4.69) is 4.90 Å². The summed E-state index contributed by atoms with van der Waals surface area (Å²) < 4.78 is 29.7. The van der Waals surface area contributed by atoms with Crippen LogP contribution >= 0.6 is 23.2 Å². The van der Waals surface area contributed by atoms with Crippen LogP contribution in [0.5, 0.6) is 5.75 Å². The van der Waals surface area contributed by atoms with Crippen LogP contribution < -0.4 is 4.74 Å². The number of hydrogen-bond donors (Lipinski definition) is 0. The molecule has 0 N–H and O–H groups in total. The third kappa shape index (κ3) is 6.01. The zero-order valence-corrected chi connectivity index (χ0v) is 20.9. The fraction of sp³-hybridized carbons (Fsp3) is 0.458. The summed E-state index contributed by atoms with van der Waals surface area (Å²) in [4.78, 5) is 17.4. The van der Waals surface area contributed by atoms with Crippen LogP contribution in [-0.4, -0.2) is 68.7 Å². The first-order chi connectivity index (χ1) is 15.7. The van der Waals surface area contributed by atoms with Gasteiger partial charge in [0.1, 0.15) is 11.9 Å². The van der Waals surface area contributed by atoms with Gasteiger partial charge in [0.2, 0.25) is 0 Å². The number of sulfone groups is 1. The summed E-state index contributed by atoms with van der Waals surface area (Å²) in [6.07, 6.45) is 5.02. The van der Waals surface area contributed by atoms with Crippen molar-refractivity contribution in [1.29, 1.82) is 0 Å². The molecule has 0 saturated carbocycles. The molecule has 4 rings (SSSR count). The van der Waals surface area contributed by atoms with Crippen LogP contribution in [0.25, 0.3) is 0 Å². The van der Waals surface area contributed by atoms with Crippen LogP contribution in [0, 0.1) is 0 Å². The molecule has 0 aromatic heterocycles. The van der Waals surface area contributed by atoms with E-state index in [0.29, 0.717) is 34.7 Å². The molecule has 0 bridgehead atoms. The minimum atomic E-state index is -3.34. The van der Waals surface area contributed by atoms with Gasteiger partial charge in [0, 0.05) is 50.1 Å². The molecule has 2 heterocycles. The van der Waals surface area contributed by atoms with Crippen LogP contribution in [0.4, 0.5) is 0 Å². The molecule has 1 amide bonds. The standard InChI is InChI=1S/C24H28Cl2N2O4S/c1-33(30,31)21-4-2-3-17(15-21)24(29)28-11-7-18(8-12-28)27-13-9-19(10-14-27)32-20-5-6-22(25)23(26)16-20/h2-6,15-16,18-19H,7-14H2,1H3. The third-order valence-corrected chi connectivity index (χ3v) is 8.30. The average molecular weight is 511 g/mol. The molecule has 9 heteroatoms. The van der Waals surface area contributed by atoms with E-state index in [1.54, 1.807) is 24.3 Å². The Morgan fingerprint density at radius 1 is 0.939 bits per heavy atom. The zero-order valence-electron chi connectivity index (χ0n) is 18.5. The highest BCUT2D eigenvalue weighted by atomic mass is 35.5. The van der Waals surface area contributed by atoms with Crippen molar-refractivity contribution in [3.63, 3.8) is 0 Å². The maximum atomic E-state index is 12.9. The molecule has 178 valence electrons. The zero-order chi connectivity index (χ0) is 23.6. The number of amides is 1. The fourth-order valence-electron chi connectivity index (χ4n) is 4.58. The first kappa shape index (κ1) is 24.3. The summed E-state index contributed by atoms with van der Waals surface area (Å²) in [5.41, 5.74) is 0.427. The Balaban J connectivity index is 1.27. The lowest BCUT2D eigenvalue weighted by Crippen LogP contribution is -2.50. The Morgan fingerprint density at radius 2 is 1.64 bits per heavy atom. The second kappa shape index (κ2) is 10.2. The van der Waals surface area contributed by atoms with Gasteiger partial charge in [-0.1, -0.05) is 29.3 Å². The maximum Gasteiger partial charge on any atom is 0.253 e. The number of nitrogens with zero attached hydrogens (tertiary/aromatic N) is 2. The van der Waals surface area contributed by atoms with Crippen LogP contribution in [0.15, 0.2) is 47.4 Å². The topological polar surface area (TPSA) is 66.9 Å². The predicted molar refractivity (Wildman–Crippen MR) is 130 cm³/mol. The lowest BCUT2D eigenvalue weighted by Gasteiger charge is -2.41. The number of benzene rings is 2. The van der Waals surface area contributed by atoms with Crippen molar-refractivity contribution < 1.29 is 17.9 Å². The van der Waals surface area contributed by atoms with Gasteiger partial charge >= 0.3 is 0 Å². The van der Waals surface area contributed by atoms with Crippen molar-refractivity contribution in [2.24, 2.45) is 0 Å². The predicted octanol–water partition coefficient (Wildman–Crippen LogP) is 4.54. The van der Waals surface area contributed by atoms with Gasteiger partial charge in [0.05, 0.1) is 14.9 Å². The second-order valence-corrected chi connectivity index (χ2v) is 11.6. The Morgan fingerprint density at radius 3 is 2.27 bits per heavy atom. The molecular weight excluding hydrogens is 483 g/mol. The number of piperidine rings is 2. The van der Waals surface area contributed by atoms with Crippen molar-refractivity contribution in [1.82, 2.24) is 9.80 Å². The molecule has 2 fully saturated rings. The highest BCUT2D eigenvalue weighted by Crippen LogP contribution is 2.29. The van der Waals surface area contributed by atoms with E-state index in [4.69, 9.17) is 27.9 Å². The van der Waals surface area contributed by atoms with Crippen LogP contribution in [0.2, 0.25) is 10.0 Å². The maximum absolute atomic E-state index is 12.9. The number of ether oxygens (including phenoxy) is 1. The third-order valence-electron chi connectivity index (χ3n) is 6.45. The van der Waals surface area contributed by atoms with Crippen molar-refractivity contribution in [2.75, 3.05) is 32.4 Å². The number of hydrogen-bond acceptors (Lipinski definition) is 5. The molecule has 2 aromatic carbocycles. The van der Waals surface area contributed by atoms with E-state index in [1.807, 2.05) is 11.0 Å². The number of likely N-dealkylation sites (tertiary alicyclic amines) is 2. The first-order valence-corrected chi connectivity index (χ1v) is 13.8. The Kier molecular flexibility index (Phi) is 7.53. The molecular formula is C24H28Cl2N2O4S. The van der Waals surface area contributed by atoms with Gasteiger partial charge in [-0.25, -0.2) is 8.42 Å². The summed E-state index contributed by atoms with van der Waals surface area (Å²) in [7, 11) is -3.34. The Labute approximate surface area is 205 Å². The second-order valence-electron chi connectivity index (χ2n) is 8.75. The summed E-state index contributed by atoms with van der Waals surface area (Å²) in [5.74, 6) is 0.641. The number of halogens is 2. The quantitative estimate of drug-likeness (QED) is 0.590. The van der Waals surface area contributed by atoms with Gasteiger partial charge in [-0.2, -0.15) is 0 Å². The Bertz CT molecular complexity index is 1110. The SMILES string of the molecule is CS(=O)(=O)c1cccc(C(=O)N2CCC(N3CCC(Oc4ccc(Cl)c(Cl)c4)CC3)CC2)c1. The van der Waals surface area contributed by atoms with Crippen LogP contribution in [0.1, 0.15) is 36.0 Å². The van der Waals surface area contributed by atoms with Crippen LogP contribution in [-0.2, 0) is 9.84 Å². The molecule has 0 aliphatic carbocycles. The lowest BCUT2D eigenvalue weighted by atomic mass is 9.98. The highest BCUT2D eigenvalue weighted by Gasteiger charge is 2.30. The van der Waals surface area contributed by atoms with E-state index >= 15 is 0 Å². The van der Waals surface area contributed by atoms with Crippen molar-refractivity contribution >= 4 is 38.9 Å². The summed E-state index contributed by atoms with van der Waals surface area (Å²) >= 11 is 12.1. The molecule has 0 unspecified atom stereocenters. The number of carbonyl (C=O) groups excluding carboxylic acids is 1. The summed E-state index contributed by atoms with van der Waals surface area (Å²) in [6, 6.07) is 12.1. The van der Waals surface area contributed by atoms with E-state index < -0.39 is 9.84 Å². The average Bonchev–Trinajstić information content (AvgIpc) is 2.81. The van der Waals surface area contributed by atoms with Crippen molar-refractivity contribution in [3.05, 3.63) is 58.1 Å².